The molecule has 0 saturated heterocycles. The van der Waals surface area contributed by atoms with E-state index in [0.29, 0.717) is 6.42 Å². The van der Waals surface area contributed by atoms with Crippen LogP contribution >= 0.6 is 0 Å². The van der Waals surface area contributed by atoms with Crippen LogP contribution in [-0.4, -0.2) is 34.1 Å². The van der Waals surface area contributed by atoms with Gasteiger partial charge in [-0.25, -0.2) is 0 Å². The number of hydrogen-bond acceptors (Lipinski definition) is 3. The summed E-state index contributed by atoms with van der Waals surface area (Å²) in [4.78, 5) is 0. The molecule has 0 rings (SSSR count). The molecule has 0 aliphatic rings. The number of aliphatic hydroxyl groups excluding tert-OH is 3. The van der Waals surface area contributed by atoms with Gasteiger partial charge in [-0.05, 0) is 13.3 Å². The van der Waals surface area contributed by atoms with E-state index in [2.05, 4.69) is 0 Å². The minimum Gasteiger partial charge on any atom is -0.396 e. The van der Waals surface area contributed by atoms with Gasteiger partial charge < -0.3 is 15.3 Å². The molecule has 0 aromatic heterocycles. The molecule has 3 atom stereocenters. The first-order chi connectivity index (χ1) is 5.13. The van der Waals surface area contributed by atoms with Crippen molar-refractivity contribution in [3.8, 4) is 0 Å². The van der Waals surface area contributed by atoms with Gasteiger partial charge in [0.25, 0.3) is 0 Å². The summed E-state index contributed by atoms with van der Waals surface area (Å²) in [5.74, 6) is -0.394. The lowest BCUT2D eigenvalue weighted by Crippen LogP contribution is -2.32. The molecule has 68 valence electrons. The van der Waals surface area contributed by atoms with Gasteiger partial charge in [0.1, 0.15) is 0 Å². The Morgan fingerprint density at radius 2 is 1.82 bits per heavy atom. The molecule has 11 heavy (non-hydrogen) atoms. The highest BCUT2D eigenvalue weighted by Gasteiger charge is 2.21. The fraction of sp³-hybridized carbons (Fsp3) is 1.00. The maximum atomic E-state index is 9.36. The van der Waals surface area contributed by atoms with Crippen molar-refractivity contribution in [2.75, 3.05) is 6.61 Å². The topological polar surface area (TPSA) is 60.7 Å². The van der Waals surface area contributed by atoms with E-state index in [0.717, 1.165) is 6.42 Å². The molecule has 0 aromatic carbocycles. The molecule has 3 nitrogen and oxygen atoms in total. The summed E-state index contributed by atoms with van der Waals surface area (Å²) in [6, 6.07) is 0. The lowest BCUT2D eigenvalue weighted by molar-refractivity contribution is -0.0119. The van der Waals surface area contributed by atoms with Gasteiger partial charge in [-0.15, -0.1) is 0 Å². The summed E-state index contributed by atoms with van der Waals surface area (Å²) in [5, 5.41) is 27.2. The molecule has 3 N–H and O–H groups in total. The predicted molar refractivity (Wildman–Crippen MR) is 43.2 cm³/mol. The normalized spacial score (nSPS) is 19.4. The highest BCUT2D eigenvalue weighted by molar-refractivity contribution is 4.71. The molecule has 0 aliphatic heterocycles. The smallest absolute Gasteiger partial charge is 0.0614 e. The molecule has 0 bridgehead atoms. The van der Waals surface area contributed by atoms with E-state index in [-0.39, 0.29) is 6.61 Å². The molecule has 0 amide bonds. The van der Waals surface area contributed by atoms with Crippen molar-refractivity contribution >= 4 is 0 Å². The Hall–Kier alpha value is -0.120. The standard InChI is InChI=1S/C8H18O3/c1-3-4-8(11)7(5-9)6(2)10/h6-11H,3-5H2,1-2H3. The summed E-state index contributed by atoms with van der Waals surface area (Å²) in [6.45, 7) is 3.39. The maximum Gasteiger partial charge on any atom is 0.0614 e. The van der Waals surface area contributed by atoms with Gasteiger partial charge in [-0.1, -0.05) is 13.3 Å². The predicted octanol–water partition coefficient (Wildman–Crippen LogP) is 0.137. The van der Waals surface area contributed by atoms with Crippen molar-refractivity contribution in [3.63, 3.8) is 0 Å². The molecule has 0 radical (unpaired) electrons. The van der Waals surface area contributed by atoms with Gasteiger partial charge in [0.05, 0.1) is 18.8 Å². The second-order valence-corrected chi connectivity index (χ2v) is 2.94. The quantitative estimate of drug-likeness (QED) is 0.539. The van der Waals surface area contributed by atoms with Gasteiger partial charge >= 0.3 is 0 Å². The molecule has 0 spiro atoms. The Morgan fingerprint density at radius 3 is 2.09 bits per heavy atom. The summed E-state index contributed by atoms with van der Waals surface area (Å²) in [6.07, 6.45) is 0.284. The van der Waals surface area contributed by atoms with E-state index >= 15 is 0 Å². The van der Waals surface area contributed by atoms with Crippen LogP contribution < -0.4 is 0 Å². The van der Waals surface area contributed by atoms with Crippen LogP contribution in [0.3, 0.4) is 0 Å². The molecule has 3 heteroatoms. The van der Waals surface area contributed by atoms with Gasteiger partial charge in [0.2, 0.25) is 0 Å². The fourth-order valence-electron chi connectivity index (χ4n) is 1.11. The average Bonchev–Trinajstić information content (AvgIpc) is 1.88. The fourth-order valence-corrected chi connectivity index (χ4v) is 1.11. The Labute approximate surface area is 67.7 Å². The molecule has 0 aliphatic carbocycles. The summed E-state index contributed by atoms with van der Waals surface area (Å²) >= 11 is 0. The van der Waals surface area contributed by atoms with Gasteiger partial charge in [0, 0.05) is 5.92 Å². The van der Waals surface area contributed by atoms with Crippen molar-refractivity contribution in [3.05, 3.63) is 0 Å². The molecule has 0 saturated carbocycles. The summed E-state index contributed by atoms with van der Waals surface area (Å²) in [7, 11) is 0. The van der Waals surface area contributed by atoms with Crippen LogP contribution in [0.4, 0.5) is 0 Å². The van der Waals surface area contributed by atoms with E-state index in [1.807, 2.05) is 6.92 Å². The van der Waals surface area contributed by atoms with Crippen molar-refractivity contribution < 1.29 is 15.3 Å². The number of aliphatic hydroxyl groups is 3. The molecular formula is C8H18O3. The Morgan fingerprint density at radius 1 is 1.27 bits per heavy atom. The van der Waals surface area contributed by atoms with Crippen molar-refractivity contribution in [1.29, 1.82) is 0 Å². The van der Waals surface area contributed by atoms with E-state index < -0.39 is 18.1 Å². The third-order valence-corrected chi connectivity index (χ3v) is 1.91. The lowest BCUT2D eigenvalue weighted by Gasteiger charge is -2.22. The molecular weight excluding hydrogens is 144 g/mol. The van der Waals surface area contributed by atoms with Gasteiger partial charge in [-0.3, -0.25) is 0 Å². The lowest BCUT2D eigenvalue weighted by atomic mass is 9.95. The van der Waals surface area contributed by atoms with Crippen molar-refractivity contribution in [1.82, 2.24) is 0 Å². The zero-order valence-electron chi connectivity index (χ0n) is 7.20. The van der Waals surface area contributed by atoms with Crippen molar-refractivity contribution in [2.45, 2.75) is 38.9 Å². The maximum absolute atomic E-state index is 9.36. The monoisotopic (exact) mass is 162 g/mol. The third-order valence-electron chi connectivity index (χ3n) is 1.91. The first-order valence-corrected chi connectivity index (χ1v) is 4.10. The zero-order chi connectivity index (χ0) is 8.85. The van der Waals surface area contributed by atoms with Crippen LogP contribution in [-0.2, 0) is 0 Å². The first kappa shape index (κ1) is 10.9. The van der Waals surface area contributed by atoms with Gasteiger partial charge in [0.15, 0.2) is 0 Å². The van der Waals surface area contributed by atoms with Crippen LogP contribution in [0.2, 0.25) is 0 Å². The number of rotatable bonds is 5. The van der Waals surface area contributed by atoms with Crippen LogP contribution in [0, 0.1) is 5.92 Å². The second kappa shape index (κ2) is 5.52. The zero-order valence-corrected chi connectivity index (χ0v) is 7.20. The molecule has 0 aromatic rings. The van der Waals surface area contributed by atoms with Crippen LogP contribution in [0.5, 0.6) is 0 Å². The van der Waals surface area contributed by atoms with Crippen LogP contribution in [0.15, 0.2) is 0 Å². The molecule has 0 heterocycles. The minimum absolute atomic E-state index is 0.154. The summed E-state index contributed by atoms with van der Waals surface area (Å²) in [5.41, 5.74) is 0. The largest absolute Gasteiger partial charge is 0.396 e. The van der Waals surface area contributed by atoms with E-state index in [1.54, 1.807) is 6.92 Å². The van der Waals surface area contributed by atoms with E-state index in [9.17, 15) is 5.11 Å². The van der Waals surface area contributed by atoms with E-state index in [1.165, 1.54) is 0 Å². The molecule has 3 unspecified atom stereocenters. The second-order valence-electron chi connectivity index (χ2n) is 2.94. The highest BCUT2D eigenvalue weighted by Crippen LogP contribution is 2.12. The van der Waals surface area contributed by atoms with Crippen molar-refractivity contribution in [2.24, 2.45) is 5.92 Å². The van der Waals surface area contributed by atoms with Crippen LogP contribution in [0.1, 0.15) is 26.7 Å². The van der Waals surface area contributed by atoms with Crippen LogP contribution in [0.25, 0.3) is 0 Å². The Bertz CT molecular complexity index is 93.3. The SMILES string of the molecule is CCCC(O)C(CO)C(C)O. The van der Waals surface area contributed by atoms with Gasteiger partial charge in [-0.2, -0.15) is 0 Å². The Balaban J connectivity index is 3.81. The molecule has 0 fully saturated rings. The average molecular weight is 162 g/mol. The van der Waals surface area contributed by atoms with E-state index in [4.69, 9.17) is 10.2 Å². The minimum atomic E-state index is -0.637. The Kier molecular flexibility index (Phi) is 5.46. The third kappa shape index (κ3) is 3.70. The highest BCUT2D eigenvalue weighted by atomic mass is 16.3. The first-order valence-electron chi connectivity index (χ1n) is 4.10. The summed E-state index contributed by atoms with van der Waals surface area (Å²) < 4.78 is 0. The number of hydrogen-bond donors (Lipinski definition) is 3.